The van der Waals surface area contributed by atoms with Gasteiger partial charge in [0.1, 0.15) is 5.75 Å². The van der Waals surface area contributed by atoms with Crippen molar-refractivity contribution in [2.45, 2.75) is 19.4 Å². The van der Waals surface area contributed by atoms with Crippen molar-refractivity contribution in [3.05, 3.63) is 61.3 Å². The highest BCUT2D eigenvalue weighted by Crippen LogP contribution is 2.41. The van der Waals surface area contributed by atoms with E-state index in [1.165, 1.54) is 18.2 Å². The maximum atomic E-state index is 13.5. The molecule has 4 rings (SSSR count). The molecular formula is C28H31N7O5. The molecule has 0 aliphatic carbocycles. The third-order valence-corrected chi connectivity index (χ3v) is 5.78. The van der Waals surface area contributed by atoms with Crippen LogP contribution in [0.1, 0.15) is 13.8 Å². The van der Waals surface area contributed by atoms with Crippen molar-refractivity contribution < 1.29 is 23.9 Å². The lowest BCUT2D eigenvalue weighted by molar-refractivity contribution is -0.131. The Labute approximate surface area is 232 Å². The molecule has 12 heteroatoms. The molecule has 1 aromatic heterocycles. The smallest absolute Gasteiger partial charge is 0.276 e. The number of anilines is 6. The third kappa shape index (κ3) is 6.18. The number of amides is 3. The van der Waals surface area contributed by atoms with E-state index in [4.69, 9.17) is 9.47 Å². The lowest BCUT2D eigenvalue weighted by Crippen LogP contribution is -2.51. The van der Waals surface area contributed by atoms with Crippen LogP contribution in [-0.2, 0) is 14.4 Å². The summed E-state index contributed by atoms with van der Waals surface area (Å²) in [6.07, 6.45) is 2.65. The zero-order chi connectivity index (χ0) is 29.0. The molecule has 3 aromatic rings. The van der Waals surface area contributed by atoms with Gasteiger partial charge in [-0.2, -0.15) is 4.98 Å². The summed E-state index contributed by atoms with van der Waals surface area (Å²) in [6, 6.07) is 11.9. The summed E-state index contributed by atoms with van der Waals surface area (Å²) in [5.74, 6) is 0.261. The summed E-state index contributed by atoms with van der Waals surface area (Å²) in [6.45, 7) is 7.02. The van der Waals surface area contributed by atoms with Gasteiger partial charge >= 0.3 is 0 Å². The zero-order valence-electron chi connectivity index (χ0n) is 22.9. The second kappa shape index (κ2) is 11.4. The first-order valence-corrected chi connectivity index (χ1v) is 12.3. The number of methoxy groups -OCH3 is 1. The molecule has 0 fully saturated rings. The average Bonchev–Trinajstić information content (AvgIpc) is 2.90. The van der Waals surface area contributed by atoms with Gasteiger partial charge in [0.25, 0.3) is 5.91 Å². The fraction of sp³-hybridized carbons (Fsp3) is 0.250. The number of nitrogens with one attached hydrogen (secondary N) is 3. The normalized spacial score (nSPS) is 13.7. The third-order valence-electron chi connectivity index (χ3n) is 5.78. The molecule has 208 valence electrons. The van der Waals surface area contributed by atoms with E-state index in [2.05, 4.69) is 32.5 Å². The summed E-state index contributed by atoms with van der Waals surface area (Å²) in [5, 5.41) is 8.63. The zero-order valence-corrected chi connectivity index (χ0v) is 22.9. The molecule has 0 radical (unpaired) electrons. The average molecular weight is 546 g/mol. The van der Waals surface area contributed by atoms with E-state index in [1.807, 2.05) is 14.1 Å². The summed E-state index contributed by atoms with van der Waals surface area (Å²) < 4.78 is 11.4. The SMILES string of the molecule is C=CC(=O)Nc1cccc(N2C(=O)C(C)(C)Oc3cnc(Nc4ccc(NC(=O)CN(C)C)cc4OC)nc32)c1. The minimum atomic E-state index is -1.19. The Bertz CT molecular complexity index is 1470. The first-order valence-electron chi connectivity index (χ1n) is 12.3. The van der Waals surface area contributed by atoms with E-state index < -0.39 is 5.60 Å². The monoisotopic (exact) mass is 545 g/mol. The minimum absolute atomic E-state index is 0.161. The first kappa shape index (κ1) is 28.0. The van der Waals surface area contributed by atoms with Crippen molar-refractivity contribution >= 4 is 52.2 Å². The van der Waals surface area contributed by atoms with Gasteiger partial charge in [0.15, 0.2) is 17.2 Å². The van der Waals surface area contributed by atoms with Crippen molar-refractivity contribution in [3.63, 3.8) is 0 Å². The van der Waals surface area contributed by atoms with Crippen LogP contribution < -0.4 is 30.3 Å². The van der Waals surface area contributed by atoms with Crippen LogP contribution in [0.3, 0.4) is 0 Å². The molecule has 3 N–H and O–H groups in total. The number of benzene rings is 2. The maximum Gasteiger partial charge on any atom is 0.276 e. The van der Waals surface area contributed by atoms with E-state index in [9.17, 15) is 14.4 Å². The van der Waals surface area contributed by atoms with Gasteiger partial charge in [-0.05, 0) is 64.4 Å². The maximum absolute atomic E-state index is 13.5. The molecule has 12 nitrogen and oxygen atoms in total. The van der Waals surface area contributed by atoms with Crippen molar-refractivity contribution in [2.24, 2.45) is 0 Å². The summed E-state index contributed by atoms with van der Waals surface area (Å²) in [5.41, 5.74) is 0.871. The number of carbonyl (C=O) groups excluding carboxylic acids is 3. The van der Waals surface area contributed by atoms with Crippen molar-refractivity contribution in [2.75, 3.05) is 48.6 Å². The Hall–Kier alpha value is -4.97. The predicted molar refractivity (Wildman–Crippen MR) is 153 cm³/mol. The number of nitrogens with zero attached hydrogens (tertiary/aromatic N) is 4. The Morgan fingerprint density at radius 3 is 2.60 bits per heavy atom. The van der Waals surface area contributed by atoms with Crippen LogP contribution in [-0.4, -0.2) is 65.9 Å². The van der Waals surface area contributed by atoms with Crippen LogP contribution in [0.25, 0.3) is 0 Å². The number of carbonyl (C=O) groups is 3. The van der Waals surface area contributed by atoms with Crippen LogP contribution >= 0.6 is 0 Å². The molecule has 0 spiro atoms. The second-order valence-electron chi connectivity index (χ2n) is 9.70. The lowest BCUT2D eigenvalue weighted by Gasteiger charge is -2.37. The fourth-order valence-corrected chi connectivity index (χ4v) is 3.97. The number of ether oxygens (including phenoxy) is 2. The van der Waals surface area contributed by atoms with Gasteiger partial charge in [-0.15, -0.1) is 0 Å². The molecule has 2 heterocycles. The number of aromatic nitrogens is 2. The molecule has 1 aliphatic rings. The van der Waals surface area contributed by atoms with Gasteiger partial charge in [0.2, 0.25) is 17.8 Å². The molecule has 1 aliphatic heterocycles. The van der Waals surface area contributed by atoms with Crippen LogP contribution in [0, 0.1) is 0 Å². The molecule has 0 atom stereocenters. The molecule has 3 amide bonds. The molecule has 0 saturated carbocycles. The highest BCUT2D eigenvalue weighted by atomic mass is 16.5. The van der Waals surface area contributed by atoms with Crippen molar-refractivity contribution in [1.82, 2.24) is 14.9 Å². The van der Waals surface area contributed by atoms with E-state index >= 15 is 0 Å². The molecule has 40 heavy (non-hydrogen) atoms. The van der Waals surface area contributed by atoms with Gasteiger partial charge in [-0.3, -0.25) is 19.3 Å². The molecular weight excluding hydrogens is 514 g/mol. The second-order valence-corrected chi connectivity index (χ2v) is 9.70. The van der Waals surface area contributed by atoms with E-state index in [1.54, 1.807) is 61.2 Å². The number of hydrogen-bond donors (Lipinski definition) is 3. The highest BCUT2D eigenvalue weighted by Gasteiger charge is 2.43. The van der Waals surface area contributed by atoms with Crippen molar-refractivity contribution in [3.8, 4) is 11.5 Å². The van der Waals surface area contributed by atoms with E-state index in [0.29, 0.717) is 34.2 Å². The number of hydrogen-bond acceptors (Lipinski definition) is 9. The van der Waals surface area contributed by atoms with Crippen LogP contribution in [0.4, 0.5) is 34.5 Å². The predicted octanol–water partition coefficient (Wildman–Crippen LogP) is 3.69. The topological polar surface area (TPSA) is 138 Å². The number of fused-ring (bicyclic) bond motifs is 1. The largest absolute Gasteiger partial charge is 0.494 e. The van der Waals surface area contributed by atoms with Crippen LogP contribution in [0.2, 0.25) is 0 Å². The Morgan fingerprint density at radius 2 is 1.90 bits per heavy atom. The van der Waals surface area contributed by atoms with E-state index in [-0.39, 0.29) is 36.0 Å². The molecule has 0 unspecified atom stereocenters. The quantitative estimate of drug-likeness (QED) is 0.344. The molecule has 2 aromatic carbocycles. The van der Waals surface area contributed by atoms with Crippen LogP contribution in [0.5, 0.6) is 11.5 Å². The van der Waals surface area contributed by atoms with Gasteiger partial charge in [-0.1, -0.05) is 12.6 Å². The highest BCUT2D eigenvalue weighted by molar-refractivity contribution is 6.08. The minimum Gasteiger partial charge on any atom is -0.494 e. The Morgan fingerprint density at radius 1 is 1.15 bits per heavy atom. The molecule has 0 bridgehead atoms. The number of likely N-dealkylation sites (N-methyl/N-ethyl adjacent to an activating group) is 1. The van der Waals surface area contributed by atoms with Crippen molar-refractivity contribution in [1.29, 1.82) is 0 Å². The standard InChI is InChI=1S/C28H31N7O5/c1-7-23(36)30-17-9-8-10-19(13-17)35-25-22(40-28(2,3)26(35)38)15-29-27(33-25)32-20-12-11-18(14-21(20)39-6)31-24(37)16-34(4)5/h7-15H,1,16H2,2-6H3,(H,30,36)(H,31,37)(H,29,32,33). The fourth-order valence-electron chi connectivity index (χ4n) is 3.97. The summed E-state index contributed by atoms with van der Waals surface area (Å²) in [7, 11) is 5.13. The Kier molecular flexibility index (Phi) is 8.00. The lowest BCUT2D eigenvalue weighted by atomic mass is 10.0. The summed E-state index contributed by atoms with van der Waals surface area (Å²) in [4.78, 5) is 49.6. The first-order chi connectivity index (χ1) is 19.0. The molecule has 0 saturated heterocycles. The van der Waals surface area contributed by atoms with Gasteiger partial charge in [0, 0.05) is 17.4 Å². The Balaban J connectivity index is 1.67. The van der Waals surface area contributed by atoms with Gasteiger partial charge in [0.05, 0.1) is 31.2 Å². The number of rotatable bonds is 9. The van der Waals surface area contributed by atoms with Gasteiger partial charge < -0.3 is 30.3 Å². The summed E-state index contributed by atoms with van der Waals surface area (Å²) >= 11 is 0. The van der Waals surface area contributed by atoms with E-state index in [0.717, 1.165) is 6.08 Å². The van der Waals surface area contributed by atoms with Crippen LogP contribution in [0.15, 0.2) is 61.3 Å². The van der Waals surface area contributed by atoms with Gasteiger partial charge in [-0.25, -0.2) is 4.98 Å².